The van der Waals surface area contributed by atoms with E-state index in [1.807, 2.05) is 13.8 Å². The van der Waals surface area contributed by atoms with Crippen molar-refractivity contribution >= 4 is 23.4 Å². The molecule has 25 heavy (non-hydrogen) atoms. The number of likely N-dealkylation sites (tertiary alicyclic amines) is 1. The van der Waals surface area contributed by atoms with E-state index >= 15 is 0 Å². The Kier molecular flexibility index (Phi) is 8.79. The first kappa shape index (κ1) is 21.3. The molecule has 0 spiro atoms. The van der Waals surface area contributed by atoms with Gasteiger partial charge in [-0.3, -0.25) is 19.2 Å². The van der Waals surface area contributed by atoms with Gasteiger partial charge in [0.25, 0.3) is 0 Å². The fourth-order valence-electron chi connectivity index (χ4n) is 3.05. The Morgan fingerprint density at radius 3 is 2.36 bits per heavy atom. The highest BCUT2D eigenvalue weighted by Crippen LogP contribution is 2.20. The molecular formula is C19H32N2O4. The molecule has 1 N–H and O–H groups in total. The van der Waals surface area contributed by atoms with Crippen molar-refractivity contribution in [3.63, 3.8) is 0 Å². The summed E-state index contributed by atoms with van der Waals surface area (Å²) in [5.74, 6) is -0.483. The van der Waals surface area contributed by atoms with Crippen molar-refractivity contribution in [3.8, 4) is 0 Å². The van der Waals surface area contributed by atoms with Crippen LogP contribution in [0.4, 0.5) is 0 Å². The van der Waals surface area contributed by atoms with E-state index in [1.54, 1.807) is 18.7 Å². The summed E-state index contributed by atoms with van der Waals surface area (Å²) in [4.78, 5) is 49.9. The minimum atomic E-state index is -0.518. The monoisotopic (exact) mass is 352 g/mol. The van der Waals surface area contributed by atoms with Gasteiger partial charge in [-0.05, 0) is 19.3 Å². The zero-order valence-electron chi connectivity index (χ0n) is 16.0. The van der Waals surface area contributed by atoms with E-state index in [9.17, 15) is 19.2 Å². The van der Waals surface area contributed by atoms with Gasteiger partial charge in [0, 0.05) is 31.2 Å². The number of amides is 2. The van der Waals surface area contributed by atoms with Crippen molar-refractivity contribution in [2.45, 2.75) is 72.3 Å². The summed E-state index contributed by atoms with van der Waals surface area (Å²) in [5, 5.41) is 2.64. The zero-order chi connectivity index (χ0) is 19.0. The normalized spacial score (nSPS) is 18.3. The SMILES string of the molecule is CCCC(C)C(=O)CCC(=O)N1CCC[C@H]1C(=O)NCC(=O)C(C)C. The average molecular weight is 352 g/mol. The number of carbonyl (C=O) groups excluding carboxylic acids is 4. The largest absolute Gasteiger partial charge is 0.347 e. The molecule has 1 aliphatic rings. The van der Waals surface area contributed by atoms with Gasteiger partial charge in [-0.2, -0.15) is 0 Å². The maximum atomic E-state index is 12.4. The Labute approximate surface area is 150 Å². The van der Waals surface area contributed by atoms with Gasteiger partial charge >= 0.3 is 0 Å². The van der Waals surface area contributed by atoms with E-state index in [-0.39, 0.29) is 54.6 Å². The first-order valence-corrected chi connectivity index (χ1v) is 9.40. The Bertz CT molecular complexity index is 502. The van der Waals surface area contributed by atoms with Gasteiger partial charge in [0.2, 0.25) is 11.8 Å². The second kappa shape index (κ2) is 10.3. The highest BCUT2D eigenvalue weighted by molar-refractivity contribution is 5.93. The van der Waals surface area contributed by atoms with Crippen LogP contribution >= 0.6 is 0 Å². The molecule has 0 saturated carbocycles. The van der Waals surface area contributed by atoms with Gasteiger partial charge < -0.3 is 10.2 Å². The summed E-state index contributed by atoms with van der Waals surface area (Å²) in [6.45, 7) is 8.04. The topological polar surface area (TPSA) is 83.6 Å². The van der Waals surface area contributed by atoms with E-state index in [4.69, 9.17) is 0 Å². The molecule has 0 aliphatic carbocycles. The van der Waals surface area contributed by atoms with Crippen LogP contribution in [0.25, 0.3) is 0 Å². The van der Waals surface area contributed by atoms with Crippen LogP contribution in [0.5, 0.6) is 0 Å². The van der Waals surface area contributed by atoms with E-state index in [0.29, 0.717) is 13.0 Å². The predicted octanol–water partition coefficient (Wildman–Crippen LogP) is 2.10. The molecule has 6 nitrogen and oxygen atoms in total. The van der Waals surface area contributed by atoms with Crippen LogP contribution in [0.1, 0.15) is 66.2 Å². The molecule has 1 heterocycles. The highest BCUT2D eigenvalue weighted by atomic mass is 16.2. The number of carbonyl (C=O) groups is 4. The Morgan fingerprint density at radius 1 is 1.08 bits per heavy atom. The number of nitrogens with one attached hydrogen (secondary N) is 1. The van der Waals surface area contributed by atoms with E-state index < -0.39 is 6.04 Å². The van der Waals surface area contributed by atoms with Crippen LogP contribution in [0.15, 0.2) is 0 Å². The van der Waals surface area contributed by atoms with E-state index in [1.165, 1.54) is 0 Å². The van der Waals surface area contributed by atoms with E-state index in [0.717, 1.165) is 19.3 Å². The average Bonchev–Trinajstić information content (AvgIpc) is 3.06. The quantitative estimate of drug-likeness (QED) is 0.653. The molecule has 1 fully saturated rings. The van der Waals surface area contributed by atoms with Crippen LogP contribution in [-0.2, 0) is 19.2 Å². The molecule has 0 aromatic rings. The fourth-order valence-corrected chi connectivity index (χ4v) is 3.05. The standard InChI is InChI=1S/C19H32N2O4/c1-5-7-14(4)16(22)9-10-18(24)21-11-6-8-15(21)19(25)20-12-17(23)13(2)3/h13-15H,5-12H2,1-4H3,(H,20,25)/t14?,15-/m0/s1. The van der Waals surface area contributed by atoms with Crippen molar-refractivity contribution in [2.75, 3.05) is 13.1 Å². The maximum absolute atomic E-state index is 12.4. The molecule has 1 rings (SSSR count). The molecule has 0 radical (unpaired) electrons. The van der Waals surface area contributed by atoms with Gasteiger partial charge in [-0.1, -0.05) is 34.1 Å². The number of rotatable bonds is 10. The van der Waals surface area contributed by atoms with Crippen molar-refractivity contribution < 1.29 is 19.2 Å². The molecule has 2 atom stereocenters. The first-order valence-electron chi connectivity index (χ1n) is 9.40. The summed E-state index contributed by atoms with van der Waals surface area (Å²) in [6.07, 6.45) is 3.55. The lowest BCUT2D eigenvalue weighted by Crippen LogP contribution is -2.47. The lowest BCUT2D eigenvalue weighted by atomic mass is 9.97. The third-order valence-electron chi connectivity index (χ3n) is 4.81. The number of Topliss-reactive ketones (excluding diaryl/α,β-unsaturated/α-hetero) is 2. The Morgan fingerprint density at radius 2 is 1.76 bits per heavy atom. The molecule has 1 saturated heterocycles. The second-order valence-corrected chi connectivity index (χ2v) is 7.24. The maximum Gasteiger partial charge on any atom is 0.243 e. The molecule has 6 heteroatoms. The van der Waals surface area contributed by atoms with Gasteiger partial charge in [0.15, 0.2) is 5.78 Å². The molecule has 1 aliphatic heterocycles. The van der Waals surface area contributed by atoms with Crippen molar-refractivity contribution in [2.24, 2.45) is 11.8 Å². The summed E-state index contributed by atoms with van der Waals surface area (Å²) in [5.41, 5.74) is 0. The number of nitrogens with zero attached hydrogens (tertiary/aromatic N) is 1. The number of hydrogen-bond acceptors (Lipinski definition) is 4. The van der Waals surface area contributed by atoms with Crippen LogP contribution < -0.4 is 5.32 Å². The number of ketones is 2. The van der Waals surface area contributed by atoms with Crippen molar-refractivity contribution in [1.82, 2.24) is 10.2 Å². The fraction of sp³-hybridized carbons (Fsp3) is 0.789. The minimum Gasteiger partial charge on any atom is -0.347 e. The van der Waals surface area contributed by atoms with Gasteiger partial charge in [0.1, 0.15) is 11.8 Å². The van der Waals surface area contributed by atoms with E-state index in [2.05, 4.69) is 5.32 Å². The number of hydrogen-bond donors (Lipinski definition) is 1. The zero-order valence-corrected chi connectivity index (χ0v) is 16.0. The third-order valence-corrected chi connectivity index (χ3v) is 4.81. The van der Waals surface area contributed by atoms with Crippen LogP contribution in [0, 0.1) is 11.8 Å². The minimum absolute atomic E-state index is 0.00203. The second-order valence-electron chi connectivity index (χ2n) is 7.24. The molecule has 0 aromatic carbocycles. The Hall–Kier alpha value is -1.72. The van der Waals surface area contributed by atoms with Crippen LogP contribution in [-0.4, -0.2) is 47.4 Å². The first-order chi connectivity index (χ1) is 11.8. The van der Waals surface area contributed by atoms with Gasteiger partial charge in [0.05, 0.1) is 6.54 Å². The molecule has 1 unspecified atom stereocenters. The molecule has 0 aromatic heterocycles. The summed E-state index contributed by atoms with van der Waals surface area (Å²) >= 11 is 0. The van der Waals surface area contributed by atoms with Crippen molar-refractivity contribution in [1.29, 1.82) is 0 Å². The molecular weight excluding hydrogens is 320 g/mol. The summed E-state index contributed by atoms with van der Waals surface area (Å²) in [7, 11) is 0. The molecule has 2 amide bonds. The molecule has 0 bridgehead atoms. The van der Waals surface area contributed by atoms with Crippen LogP contribution in [0.2, 0.25) is 0 Å². The highest BCUT2D eigenvalue weighted by Gasteiger charge is 2.34. The summed E-state index contributed by atoms with van der Waals surface area (Å²) in [6, 6.07) is -0.518. The van der Waals surface area contributed by atoms with Gasteiger partial charge in [-0.25, -0.2) is 0 Å². The van der Waals surface area contributed by atoms with Crippen molar-refractivity contribution in [3.05, 3.63) is 0 Å². The smallest absolute Gasteiger partial charge is 0.243 e. The predicted molar refractivity (Wildman–Crippen MR) is 95.9 cm³/mol. The Balaban J connectivity index is 2.50. The van der Waals surface area contributed by atoms with Crippen LogP contribution in [0.3, 0.4) is 0 Å². The lowest BCUT2D eigenvalue weighted by molar-refractivity contribution is -0.139. The lowest BCUT2D eigenvalue weighted by Gasteiger charge is -2.24. The molecule has 142 valence electrons. The van der Waals surface area contributed by atoms with Gasteiger partial charge in [-0.15, -0.1) is 0 Å². The summed E-state index contributed by atoms with van der Waals surface area (Å²) < 4.78 is 0. The third kappa shape index (κ3) is 6.59.